The molecule has 2 aromatic heterocycles. The Kier molecular flexibility index (Phi) is 3.50. The highest BCUT2D eigenvalue weighted by atomic mass is 16.1. The topological polar surface area (TPSA) is 62.7 Å². The zero-order chi connectivity index (χ0) is 13.8. The summed E-state index contributed by atoms with van der Waals surface area (Å²) in [6.07, 6.45) is 8.18. The number of carbonyl (C=O) groups excluding carboxylic acids is 1. The van der Waals surface area contributed by atoms with Gasteiger partial charge in [0.15, 0.2) is 0 Å². The van der Waals surface area contributed by atoms with Crippen LogP contribution in [0, 0.1) is 0 Å². The molecule has 3 aromatic rings. The monoisotopic (exact) mass is 268 g/mol. The Morgan fingerprint density at radius 3 is 3.15 bits per heavy atom. The molecule has 3 rings (SSSR count). The Balaban J connectivity index is 1.58. The minimum absolute atomic E-state index is 0.0270. The SMILES string of the molecule is O=C(NCCCn1ccnc1)c1cccc2[nH]ccc12. The molecule has 2 N–H and O–H groups in total. The van der Waals surface area contributed by atoms with Crippen molar-refractivity contribution in [2.75, 3.05) is 6.54 Å². The molecular weight excluding hydrogens is 252 g/mol. The first-order valence-corrected chi connectivity index (χ1v) is 6.64. The van der Waals surface area contributed by atoms with E-state index in [4.69, 9.17) is 0 Å². The van der Waals surface area contributed by atoms with Crippen molar-refractivity contribution < 1.29 is 4.79 Å². The predicted molar refractivity (Wildman–Crippen MR) is 77.5 cm³/mol. The van der Waals surface area contributed by atoms with Crippen LogP contribution >= 0.6 is 0 Å². The highest BCUT2D eigenvalue weighted by Crippen LogP contribution is 2.17. The van der Waals surface area contributed by atoms with Crippen molar-refractivity contribution in [1.82, 2.24) is 19.9 Å². The average molecular weight is 268 g/mol. The van der Waals surface area contributed by atoms with Crippen LogP contribution in [0.25, 0.3) is 10.9 Å². The summed E-state index contributed by atoms with van der Waals surface area (Å²) in [7, 11) is 0. The van der Waals surface area contributed by atoms with E-state index in [1.165, 1.54) is 0 Å². The van der Waals surface area contributed by atoms with Crippen LogP contribution in [-0.2, 0) is 6.54 Å². The Bertz CT molecular complexity index is 700. The highest BCUT2D eigenvalue weighted by molar-refractivity contribution is 6.06. The van der Waals surface area contributed by atoms with Gasteiger partial charge in [0.2, 0.25) is 0 Å². The van der Waals surface area contributed by atoms with Crippen LogP contribution in [0.1, 0.15) is 16.8 Å². The summed E-state index contributed by atoms with van der Waals surface area (Å²) in [5, 5.41) is 3.91. The fraction of sp³-hybridized carbons (Fsp3) is 0.200. The van der Waals surface area contributed by atoms with Crippen LogP contribution in [0.3, 0.4) is 0 Å². The van der Waals surface area contributed by atoms with Crippen molar-refractivity contribution in [3.05, 3.63) is 54.7 Å². The van der Waals surface area contributed by atoms with Crippen molar-refractivity contribution in [3.8, 4) is 0 Å². The summed E-state index contributed by atoms with van der Waals surface area (Å²) < 4.78 is 2.00. The summed E-state index contributed by atoms with van der Waals surface area (Å²) in [4.78, 5) is 19.3. The van der Waals surface area contributed by atoms with Gasteiger partial charge in [-0.2, -0.15) is 0 Å². The van der Waals surface area contributed by atoms with Crippen LogP contribution in [-0.4, -0.2) is 27.0 Å². The minimum Gasteiger partial charge on any atom is -0.361 e. The van der Waals surface area contributed by atoms with E-state index in [9.17, 15) is 4.79 Å². The van der Waals surface area contributed by atoms with E-state index in [1.54, 1.807) is 12.5 Å². The zero-order valence-corrected chi connectivity index (χ0v) is 11.0. The maximum Gasteiger partial charge on any atom is 0.251 e. The van der Waals surface area contributed by atoms with Gasteiger partial charge in [-0.25, -0.2) is 4.98 Å². The Morgan fingerprint density at radius 1 is 1.35 bits per heavy atom. The normalized spacial score (nSPS) is 10.8. The first-order valence-electron chi connectivity index (χ1n) is 6.64. The van der Waals surface area contributed by atoms with Gasteiger partial charge in [0, 0.05) is 48.1 Å². The largest absolute Gasteiger partial charge is 0.361 e. The number of rotatable bonds is 5. The van der Waals surface area contributed by atoms with Gasteiger partial charge in [0.05, 0.1) is 6.33 Å². The molecule has 0 bridgehead atoms. The lowest BCUT2D eigenvalue weighted by Crippen LogP contribution is -2.25. The lowest BCUT2D eigenvalue weighted by molar-refractivity contribution is 0.0954. The summed E-state index contributed by atoms with van der Waals surface area (Å²) >= 11 is 0. The van der Waals surface area contributed by atoms with Crippen LogP contribution < -0.4 is 5.32 Å². The average Bonchev–Trinajstić information content (AvgIpc) is 3.13. The smallest absolute Gasteiger partial charge is 0.251 e. The zero-order valence-electron chi connectivity index (χ0n) is 11.0. The van der Waals surface area contributed by atoms with Crippen LogP contribution in [0.4, 0.5) is 0 Å². The quantitative estimate of drug-likeness (QED) is 0.697. The second-order valence-corrected chi connectivity index (χ2v) is 4.65. The number of H-pyrrole nitrogens is 1. The molecule has 0 aliphatic heterocycles. The number of imidazole rings is 1. The number of aromatic nitrogens is 3. The summed E-state index contributed by atoms with van der Waals surface area (Å²) in [6.45, 7) is 1.51. The molecule has 0 spiro atoms. The molecule has 1 aromatic carbocycles. The number of aromatic amines is 1. The third kappa shape index (κ3) is 2.56. The van der Waals surface area contributed by atoms with Crippen LogP contribution in [0.2, 0.25) is 0 Å². The fourth-order valence-electron chi connectivity index (χ4n) is 2.26. The van der Waals surface area contributed by atoms with Gasteiger partial charge in [-0.05, 0) is 24.6 Å². The fourth-order valence-corrected chi connectivity index (χ4v) is 2.26. The molecule has 5 nitrogen and oxygen atoms in total. The third-order valence-electron chi connectivity index (χ3n) is 3.28. The Hall–Kier alpha value is -2.56. The third-order valence-corrected chi connectivity index (χ3v) is 3.28. The van der Waals surface area contributed by atoms with E-state index >= 15 is 0 Å². The highest BCUT2D eigenvalue weighted by Gasteiger charge is 2.09. The number of hydrogen-bond donors (Lipinski definition) is 2. The van der Waals surface area contributed by atoms with Crippen molar-refractivity contribution in [3.63, 3.8) is 0 Å². The van der Waals surface area contributed by atoms with E-state index in [1.807, 2.05) is 41.2 Å². The maximum absolute atomic E-state index is 12.2. The summed E-state index contributed by atoms with van der Waals surface area (Å²) in [5.74, 6) is -0.0270. The van der Waals surface area contributed by atoms with Crippen molar-refractivity contribution in [2.24, 2.45) is 0 Å². The molecular formula is C15H16N4O. The molecule has 5 heteroatoms. The molecule has 0 saturated carbocycles. The number of nitrogens with zero attached hydrogens (tertiary/aromatic N) is 2. The molecule has 1 amide bonds. The number of hydrogen-bond acceptors (Lipinski definition) is 2. The van der Waals surface area contributed by atoms with E-state index in [0.717, 1.165) is 23.9 Å². The van der Waals surface area contributed by atoms with E-state index in [0.29, 0.717) is 12.1 Å². The van der Waals surface area contributed by atoms with E-state index in [-0.39, 0.29) is 5.91 Å². The van der Waals surface area contributed by atoms with Gasteiger partial charge >= 0.3 is 0 Å². The van der Waals surface area contributed by atoms with Gasteiger partial charge in [-0.15, -0.1) is 0 Å². The van der Waals surface area contributed by atoms with Crippen LogP contribution in [0.5, 0.6) is 0 Å². The summed E-state index contributed by atoms with van der Waals surface area (Å²) in [5.41, 5.74) is 1.70. The van der Waals surface area contributed by atoms with Crippen molar-refractivity contribution >= 4 is 16.8 Å². The second kappa shape index (κ2) is 5.61. The molecule has 0 radical (unpaired) electrons. The molecule has 102 valence electrons. The van der Waals surface area contributed by atoms with Gasteiger partial charge in [-0.3, -0.25) is 4.79 Å². The molecule has 0 fully saturated rings. The van der Waals surface area contributed by atoms with Crippen LogP contribution in [0.15, 0.2) is 49.2 Å². The first-order chi connectivity index (χ1) is 9.84. The molecule has 0 saturated heterocycles. The standard InChI is InChI=1S/C15H16N4O/c20-15(18-6-2-9-19-10-8-16-11-19)13-3-1-4-14-12(13)5-7-17-14/h1,3-5,7-8,10-11,17H,2,6,9H2,(H,18,20). The number of nitrogens with one attached hydrogen (secondary N) is 2. The molecule has 0 atom stereocenters. The molecule has 0 aliphatic rings. The Morgan fingerprint density at radius 2 is 2.30 bits per heavy atom. The molecule has 2 heterocycles. The number of carbonyl (C=O) groups is 1. The number of fused-ring (bicyclic) bond motifs is 1. The van der Waals surface area contributed by atoms with Gasteiger partial charge in [0.25, 0.3) is 5.91 Å². The molecule has 20 heavy (non-hydrogen) atoms. The number of amides is 1. The second-order valence-electron chi connectivity index (χ2n) is 4.65. The minimum atomic E-state index is -0.0270. The summed E-state index contributed by atoms with van der Waals surface area (Å²) in [6, 6.07) is 7.63. The van der Waals surface area contributed by atoms with Gasteiger partial charge in [0.1, 0.15) is 0 Å². The van der Waals surface area contributed by atoms with E-state index in [2.05, 4.69) is 15.3 Å². The van der Waals surface area contributed by atoms with Crippen molar-refractivity contribution in [2.45, 2.75) is 13.0 Å². The molecule has 0 unspecified atom stereocenters. The van der Waals surface area contributed by atoms with E-state index < -0.39 is 0 Å². The van der Waals surface area contributed by atoms with Gasteiger partial charge in [-0.1, -0.05) is 6.07 Å². The number of benzene rings is 1. The lowest BCUT2D eigenvalue weighted by Gasteiger charge is -2.06. The molecule has 0 aliphatic carbocycles. The predicted octanol–water partition coefficient (Wildman–Crippen LogP) is 2.18. The van der Waals surface area contributed by atoms with Gasteiger partial charge < -0.3 is 14.9 Å². The Labute approximate surface area is 116 Å². The first kappa shape index (κ1) is 12.5. The number of aryl methyl sites for hydroxylation is 1. The van der Waals surface area contributed by atoms with Crippen molar-refractivity contribution in [1.29, 1.82) is 0 Å². The maximum atomic E-state index is 12.2. The lowest BCUT2D eigenvalue weighted by atomic mass is 10.1.